The molecule has 2 atom stereocenters. The van der Waals surface area contributed by atoms with Gasteiger partial charge in [0.1, 0.15) is 28.0 Å². The molecule has 2 unspecified atom stereocenters. The molecule has 8 nitrogen and oxygen atoms in total. The van der Waals surface area contributed by atoms with Gasteiger partial charge >= 0.3 is 0 Å². The first kappa shape index (κ1) is 22.3. The van der Waals surface area contributed by atoms with Crippen molar-refractivity contribution in [2.75, 3.05) is 26.0 Å². The average molecular weight is 415 g/mol. The predicted octanol–water partition coefficient (Wildman–Crippen LogP) is 1.43. The summed E-state index contributed by atoms with van der Waals surface area (Å²) in [6, 6.07) is 4.05. The number of sulfonamides is 1. The summed E-state index contributed by atoms with van der Waals surface area (Å²) in [5.41, 5.74) is 5.21. The Labute approximate surface area is 165 Å². The molecule has 0 aromatic heterocycles. The SMILES string of the molecule is COC(C)C(=O)Nc1ccc(F)c(C2(C)CN(C)S(=O)(=O)C(C)(C)C(N)=N2)c1. The van der Waals surface area contributed by atoms with Gasteiger partial charge in [0.15, 0.2) is 0 Å². The minimum absolute atomic E-state index is 0.109. The number of ether oxygens (including phenoxy) is 1. The number of amidine groups is 1. The van der Waals surface area contributed by atoms with Crippen LogP contribution in [-0.2, 0) is 25.1 Å². The van der Waals surface area contributed by atoms with E-state index in [4.69, 9.17) is 10.5 Å². The Bertz CT molecular complexity index is 916. The lowest BCUT2D eigenvalue weighted by atomic mass is 9.91. The second kappa shape index (κ2) is 7.41. The Kier molecular flexibility index (Phi) is 5.89. The third kappa shape index (κ3) is 3.76. The van der Waals surface area contributed by atoms with Crippen LogP contribution in [0.2, 0.25) is 0 Å². The van der Waals surface area contributed by atoms with Crippen LogP contribution >= 0.6 is 0 Å². The number of benzene rings is 1. The van der Waals surface area contributed by atoms with Gasteiger partial charge in [0.05, 0.1) is 0 Å². The molecule has 0 saturated carbocycles. The van der Waals surface area contributed by atoms with Gasteiger partial charge in [-0.25, -0.2) is 17.1 Å². The van der Waals surface area contributed by atoms with Gasteiger partial charge in [-0.2, -0.15) is 0 Å². The van der Waals surface area contributed by atoms with Crippen LogP contribution in [-0.4, -0.2) is 56.0 Å². The number of methoxy groups -OCH3 is 1. The van der Waals surface area contributed by atoms with E-state index in [0.717, 1.165) is 4.31 Å². The summed E-state index contributed by atoms with van der Waals surface area (Å²) in [4.78, 5) is 16.5. The third-order valence-corrected chi connectivity index (χ3v) is 7.56. The topological polar surface area (TPSA) is 114 Å². The van der Waals surface area contributed by atoms with E-state index in [2.05, 4.69) is 10.3 Å². The van der Waals surface area contributed by atoms with E-state index in [1.807, 2.05) is 0 Å². The number of rotatable bonds is 4. The molecule has 1 amide bonds. The summed E-state index contributed by atoms with van der Waals surface area (Å²) < 4.78 is 45.0. The molecule has 1 aromatic rings. The van der Waals surface area contributed by atoms with E-state index in [-0.39, 0.29) is 17.9 Å². The van der Waals surface area contributed by atoms with Gasteiger partial charge in [-0.15, -0.1) is 0 Å². The molecule has 1 aliphatic heterocycles. The van der Waals surface area contributed by atoms with Gasteiger partial charge < -0.3 is 15.8 Å². The van der Waals surface area contributed by atoms with Crippen molar-refractivity contribution >= 4 is 27.5 Å². The lowest BCUT2D eigenvalue weighted by Gasteiger charge is -2.29. The molecule has 0 radical (unpaired) electrons. The molecular weight excluding hydrogens is 387 g/mol. The smallest absolute Gasteiger partial charge is 0.253 e. The molecule has 0 spiro atoms. The number of hydrogen-bond acceptors (Lipinski definition) is 6. The molecule has 2 rings (SSSR count). The maximum absolute atomic E-state index is 14.7. The second-order valence-electron chi connectivity index (χ2n) is 7.60. The van der Waals surface area contributed by atoms with Gasteiger partial charge in [-0.1, -0.05) is 0 Å². The number of carbonyl (C=O) groups is 1. The minimum Gasteiger partial charge on any atom is -0.386 e. The number of halogens is 1. The Hall–Kier alpha value is -2.04. The molecule has 0 fully saturated rings. The molecule has 1 aliphatic rings. The quantitative estimate of drug-likeness (QED) is 0.774. The Morgan fingerprint density at radius 1 is 1.39 bits per heavy atom. The van der Waals surface area contributed by atoms with Crippen molar-refractivity contribution < 1.29 is 22.3 Å². The molecule has 10 heteroatoms. The summed E-state index contributed by atoms with van der Waals surface area (Å²) in [7, 11) is -0.977. The average Bonchev–Trinajstić information content (AvgIpc) is 2.65. The van der Waals surface area contributed by atoms with Crippen LogP contribution in [0.4, 0.5) is 10.1 Å². The summed E-state index contributed by atoms with van der Waals surface area (Å²) >= 11 is 0. The van der Waals surface area contributed by atoms with Crippen LogP contribution in [0.1, 0.15) is 33.3 Å². The number of nitrogens with one attached hydrogen (secondary N) is 1. The van der Waals surface area contributed by atoms with E-state index in [9.17, 15) is 17.6 Å². The molecule has 1 aromatic carbocycles. The van der Waals surface area contributed by atoms with Crippen LogP contribution in [0.25, 0.3) is 0 Å². The van der Waals surface area contributed by atoms with E-state index in [1.165, 1.54) is 46.2 Å². The number of aliphatic imine (C=N–C) groups is 1. The fraction of sp³-hybridized carbons (Fsp3) is 0.556. The van der Waals surface area contributed by atoms with E-state index < -0.39 is 38.1 Å². The van der Waals surface area contributed by atoms with Crippen molar-refractivity contribution in [2.45, 2.75) is 44.1 Å². The minimum atomic E-state index is -3.79. The van der Waals surface area contributed by atoms with Crippen LogP contribution < -0.4 is 11.1 Å². The zero-order chi connectivity index (χ0) is 21.5. The van der Waals surface area contributed by atoms with E-state index in [1.54, 1.807) is 13.8 Å². The largest absolute Gasteiger partial charge is 0.386 e. The first-order chi connectivity index (χ1) is 12.8. The highest BCUT2D eigenvalue weighted by molar-refractivity contribution is 7.91. The third-order valence-electron chi connectivity index (χ3n) is 5.11. The second-order valence-corrected chi connectivity index (χ2v) is 10.2. The maximum atomic E-state index is 14.7. The van der Waals surface area contributed by atoms with Gasteiger partial charge in [-0.05, 0) is 45.9 Å². The van der Waals surface area contributed by atoms with Crippen LogP contribution in [0, 0.1) is 5.82 Å². The Morgan fingerprint density at radius 2 is 2.00 bits per heavy atom. The zero-order valence-corrected chi connectivity index (χ0v) is 17.7. The van der Waals surface area contributed by atoms with Crippen LogP contribution in [0.3, 0.4) is 0 Å². The summed E-state index contributed by atoms with van der Waals surface area (Å²) in [5, 5.41) is 2.64. The van der Waals surface area contributed by atoms with Gasteiger partial charge in [-0.3, -0.25) is 9.79 Å². The van der Waals surface area contributed by atoms with Crippen molar-refractivity contribution in [3.8, 4) is 0 Å². The number of carbonyl (C=O) groups excluding carboxylic acids is 1. The monoisotopic (exact) mass is 414 g/mol. The fourth-order valence-electron chi connectivity index (χ4n) is 2.99. The Balaban J connectivity index is 2.55. The first-order valence-electron chi connectivity index (χ1n) is 8.71. The molecule has 1 heterocycles. The number of amides is 1. The highest BCUT2D eigenvalue weighted by atomic mass is 32.2. The van der Waals surface area contributed by atoms with Crippen LogP contribution in [0.15, 0.2) is 23.2 Å². The van der Waals surface area contributed by atoms with Crippen molar-refractivity contribution in [1.82, 2.24) is 4.31 Å². The molecule has 156 valence electrons. The molecule has 0 saturated heterocycles. The summed E-state index contributed by atoms with van der Waals surface area (Å²) in [6.45, 7) is 6.00. The molecule has 0 bridgehead atoms. The van der Waals surface area contributed by atoms with E-state index in [0.29, 0.717) is 5.69 Å². The van der Waals surface area contributed by atoms with Gasteiger partial charge in [0, 0.05) is 32.0 Å². The highest BCUT2D eigenvalue weighted by Gasteiger charge is 2.48. The number of nitrogens with zero attached hydrogens (tertiary/aromatic N) is 2. The lowest BCUT2D eigenvalue weighted by molar-refractivity contribution is -0.124. The number of hydrogen-bond donors (Lipinski definition) is 2. The van der Waals surface area contributed by atoms with Crippen molar-refractivity contribution in [3.63, 3.8) is 0 Å². The number of nitrogens with two attached hydrogens (primary N) is 1. The van der Waals surface area contributed by atoms with Crippen LogP contribution in [0.5, 0.6) is 0 Å². The lowest BCUT2D eigenvalue weighted by Crippen LogP contribution is -2.50. The molecule has 3 N–H and O–H groups in total. The fourth-order valence-corrected chi connectivity index (χ4v) is 4.50. The summed E-state index contributed by atoms with van der Waals surface area (Å²) in [5.74, 6) is -1.08. The first-order valence-corrected chi connectivity index (χ1v) is 10.2. The molecule has 0 aliphatic carbocycles. The van der Waals surface area contributed by atoms with Gasteiger partial charge in [0.25, 0.3) is 5.91 Å². The Morgan fingerprint density at radius 3 is 2.57 bits per heavy atom. The van der Waals surface area contributed by atoms with Gasteiger partial charge in [0.2, 0.25) is 10.0 Å². The number of likely N-dealkylation sites (N-methyl/N-ethyl adjacent to an activating group) is 1. The van der Waals surface area contributed by atoms with Crippen molar-refractivity contribution in [3.05, 3.63) is 29.6 Å². The molecule has 28 heavy (non-hydrogen) atoms. The normalized spacial score (nSPS) is 25.5. The molecular formula is C18H27FN4O4S. The highest BCUT2D eigenvalue weighted by Crippen LogP contribution is 2.36. The standard InChI is InChI=1S/C18H27FN4O4S/c1-11(27-6)15(24)21-12-7-8-14(19)13(9-12)18(4)10-23(5)28(25,26)17(2,3)16(20)22-18/h7-9,11H,10H2,1-6H3,(H2,20,22)(H,21,24). The number of anilines is 1. The zero-order valence-electron chi connectivity index (χ0n) is 16.9. The van der Waals surface area contributed by atoms with E-state index >= 15 is 0 Å². The van der Waals surface area contributed by atoms with Crippen molar-refractivity contribution in [1.29, 1.82) is 0 Å². The predicted molar refractivity (Wildman–Crippen MR) is 106 cm³/mol. The maximum Gasteiger partial charge on any atom is 0.253 e. The summed E-state index contributed by atoms with van der Waals surface area (Å²) in [6.07, 6.45) is -0.687. The van der Waals surface area contributed by atoms with Crippen molar-refractivity contribution in [2.24, 2.45) is 10.7 Å².